The molecule has 0 bridgehead atoms. The van der Waals surface area contributed by atoms with Crippen LogP contribution in [0, 0.1) is 0 Å². The molecule has 22 heavy (non-hydrogen) atoms. The van der Waals surface area contributed by atoms with Gasteiger partial charge in [0.2, 0.25) is 5.95 Å². The number of rotatable bonds is 2. The summed E-state index contributed by atoms with van der Waals surface area (Å²) in [6.07, 6.45) is -4.81. The van der Waals surface area contributed by atoms with Gasteiger partial charge >= 0.3 is 5.69 Å². The molecule has 0 radical (unpaired) electrons. The van der Waals surface area contributed by atoms with Crippen molar-refractivity contribution in [3.8, 4) is 0 Å². The van der Waals surface area contributed by atoms with Crippen LogP contribution in [0.5, 0.6) is 0 Å². The summed E-state index contributed by atoms with van der Waals surface area (Å²) in [5.74, 6) is -0.0261. The van der Waals surface area contributed by atoms with Gasteiger partial charge in [-0.3, -0.25) is 9.13 Å². The molecule has 0 spiro atoms. The fraction of sp³-hybridized carbons (Fsp3) is 0.545. The van der Waals surface area contributed by atoms with Gasteiger partial charge in [0.1, 0.15) is 24.1 Å². The summed E-state index contributed by atoms with van der Waals surface area (Å²) in [7, 11) is 1.44. The summed E-state index contributed by atoms with van der Waals surface area (Å²) >= 11 is 0. The Balaban J connectivity index is 2.20. The Bertz CT molecular complexity index is 785. The van der Waals surface area contributed by atoms with Gasteiger partial charge in [-0.25, -0.2) is 9.78 Å². The second-order valence-corrected chi connectivity index (χ2v) is 5.08. The van der Waals surface area contributed by atoms with Crippen LogP contribution in [0.4, 0.5) is 11.8 Å². The Kier molecular flexibility index (Phi) is 3.29. The lowest BCUT2D eigenvalue weighted by Gasteiger charge is -2.17. The Morgan fingerprint density at radius 2 is 1.95 bits per heavy atom. The van der Waals surface area contributed by atoms with E-state index in [0.29, 0.717) is 0 Å². The highest BCUT2D eigenvalue weighted by Gasteiger charge is 2.44. The van der Waals surface area contributed by atoms with E-state index in [0.717, 1.165) is 4.57 Å². The van der Waals surface area contributed by atoms with Gasteiger partial charge < -0.3 is 31.5 Å². The highest BCUT2D eigenvalue weighted by molar-refractivity contribution is 5.84. The molecule has 2 aromatic rings. The van der Waals surface area contributed by atoms with E-state index in [2.05, 4.69) is 9.97 Å². The van der Waals surface area contributed by atoms with Gasteiger partial charge in [-0.15, -0.1) is 0 Å². The minimum Gasteiger partial charge on any atom is -0.394 e. The molecular weight excluding hydrogens is 296 g/mol. The number of aliphatic hydroxyl groups is 3. The Morgan fingerprint density at radius 1 is 1.27 bits per heavy atom. The van der Waals surface area contributed by atoms with Crippen LogP contribution in [0.25, 0.3) is 11.2 Å². The molecular formula is C11H16N6O5. The fourth-order valence-corrected chi connectivity index (χ4v) is 2.49. The SMILES string of the molecule is Cn1c(N)c2nc(N)n(C3O[C@H](CO)[C@@H](O)[C@H]3O)c2nc1=O. The molecule has 7 N–H and O–H groups in total. The predicted molar refractivity (Wildman–Crippen MR) is 74.6 cm³/mol. The number of fused-ring (bicyclic) bond motifs is 1. The van der Waals surface area contributed by atoms with E-state index in [1.807, 2.05) is 0 Å². The molecule has 0 saturated carbocycles. The van der Waals surface area contributed by atoms with Crippen LogP contribution in [0.15, 0.2) is 4.79 Å². The normalized spacial score (nSPS) is 28.5. The number of imidazole rings is 1. The Labute approximate surface area is 123 Å². The molecule has 1 fully saturated rings. The van der Waals surface area contributed by atoms with Crippen LogP contribution in [0.3, 0.4) is 0 Å². The van der Waals surface area contributed by atoms with E-state index in [1.54, 1.807) is 0 Å². The van der Waals surface area contributed by atoms with E-state index in [9.17, 15) is 15.0 Å². The maximum absolute atomic E-state index is 11.8. The average Bonchev–Trinajstić information content (AvgIpc) is 2.95. The van der Waals surface area contributed by atoms with Gasteiger partial charge in [0, 0.05) is 7.05 Å². The lowest BCUT2D eigenvalue weighted by atomic mass is 10.1. The highest BCUT2D eigenvalue weighted by atomic mass is 16.6. The summed E-state index contributed by atoms with van der Waals surface area (Å²) in [6.45, 7) is -0.488. The minimum absolute atomic E-state index is 0.0351. The number of anilines is 2. The molecule has 1 aliphatic rings. The van der Waals surface area contributed by atoms with Crippen LogP contribution in [0.1, 0.15) is 6.23 Å². The van der Waals surface area contributed by atoms with Crippen molar-refractivity contribution >= 4 is 22.9 Å². The van der Waals surface area contributed by atoms with Gasteiger partial charge in [0.05, 0.1) is 6.61 Å². The number of hydrogen-bond donors (Lipinski definition) is 5. The second kappa shape index (κ2) is 4.91. The first-order valence-electron chi connectivity index (χ1n) is 6.49. The number of hydrogen-bond acceptors (Lipinski definition) is 9. The standard InChI is InChI=1S/C11H16N6O5/c1-16-7(12)4-8(15-11(16)21)17(10(13)14-4)9-6(20)5(19)3(2-18)22-9/h3,5-6,9,18-20H,2,12H2,1H3,(H2,13,14)/t3-,5-,6-,9?/m1/s1. The Hall–Kier alpha value is -2.21. The van der Waals surface area contributed by atoms with Crippen molar-refractivity contribution in [1.82, 2.24) is 19.1 Å². The molecule has 2 aromatic heterocycles. The van der Waals surface area contributed by atoms with Crippen LogP contribution in [0.2, 0.25) is 0 Å². The monoisotopic (exact) mass is 312 g/mol. The van der Waals surface area contributed by atoms with Crippen LogP contribution in [-0.2, 0) is 11.8 Å². The van der Waals surface area contributed by atoms with Crippen molar-refractivity contribution in [3.05, 3.63) is 10.5 Å². The van der Waals surface area contributed by atoms with Crippen LogP contribution in [-0.4, -0.2) is 59.3 Å². The first kappa shape index (κ1) is 14.7. The third kappa shape index (κ3) is 1.87. The van der Waals surface area contributed by atoms with Gasteiger partial charge in [-0.1, -0.05) is 0 Å². The van der Waals surface area contributed by atoms with Crippen LogP contribution < -0.4 is 17.2 Å². The van der Waals surface area contributed by atoms with Crippen molar-refractivity contribution in [2.45, 2.75) is 24.5 Å². The highest BCUT2D eigenvalue weighted by Crippen LogP contribution is 2.33. The molecule has 0 aliphatic carbocycles. The zero-order valence-corrected chi connectivity index (χ0v) is 11.6. The van der Waals surface area contributed by atoms with E-state index < -0.39 is 36.8 Å². The summed E-state index contributed by atoms with van der Waals surface area (Å²) in [5.41, 5.74) is 11.2. The first-order valence-corrected chi connectivity index (χ1v) is 6.49. The number of nitrogen functional groups attached to an aromatic ring is 2. The van der Waals surface area contributed by atoms with Crippen molar-refractivity contribution < 1.29 is 20.1 Å². The minimum atomic E-state index is -1.37. The maximum atomic E-state index is 11.8. The molecule has 3 rings (SSSR count). The van der Waals surface area contributed by atoms with Gasteiger partial charge in [0.25, 0.3) is 0 Å². The van der Waals surface area contributed by atoms with Crippen molar-refractivity contribution in [2.75, 3.05) is 18.1 Å². The lowest BCUT2D eigenvalue weighted by molar-refractivity contribution is -0.0500. The predicted octanol–water partition coefficient (Wildman–Crippen LogP) is -3.09. The van der Waals surface area contributed by atoms with E-state index in [1.165, 1.54) is 11.6 Å². The van der Waals surface area contributed by atoms with Gasteiger partial charge in [0.15, 0.2) is 17.4 Å². The third-order valence-electron chi connectivity index (χ3n) is 3.78. The summed E-state index contributed by atoms with van der Waals surface area (Å²) < 4.78 is 7.67. The summed E-state index contributed by atoms with van der Waals surface area (Å²) in [6, 6.07) is 0. The number of nitrogens with zero attached hydrogens (tertiary/aromatic N) is 4. The van der Waals surface area contributed by atoms with Crippen molar-refractivity contribution in [3.63, 3.8) is 0 Å². The molecule has 4 atom stereocenters. The number of nitrogens with two attached hydrogens (primary N) is 2. The van der Waals surface area contributed by atoms with Crippen molar-refractivity contribution in [1.29, 1.82) is 0 Å². The summed E-state index contributed by atoms with van der Waals surface area (Å²) in [4.78, 5) is 19.6. The fourth-order valence-electron chi connectivity index (χ4n) is 2.49. The van der Waals surface area contributed by atoms with Gasteiger partial charge in [-0.2, -0.15) is 4.98 Å². The maximum Gasteiger partial charge on any atom is 0.350 e. The number of ether oxygens (including phenoxy) is 1. The molecule has 0 aromatic carbocycles. The van der Waals surface area contributed by atoms with E-state index >= 15 is 0 Å². The number of aromatic nitrogens is 4. The zero-order valence-electron chi connectivity index (χ0n) is 11.6. The Morgan fingerprint density at radius 3 is 2.55 bits per heavy atom. The smallest absolute Gasteiger partial charge is 0.350 e. The zero-order chi connectivity index (χ0) is 16.2. The topological polar surface area (TPSA) is 175 Å². The average molecular weight is 312 g/mol. The van der Waals surface area contributed by atoms with Crippen LogP contribution >= 0.6 is 0 Å². The molecule has 11 nitrogen and oxygen atoms in total. The quantitative estimate of drug-likeness (QED) is 0.384. The third-order valence-corrected chi connectivity index (χ3v) is 3.78. The molecule has 1 unspecified atom stereocenters. The lowest BCUT2D eigenvalue weighted by Crippen LogP contribution is -2.33. The van der Waals surface area contributed by atoms with Gasteiger partial charge in [-0.05, 0) is 0 Å². The van der Waals surface area contributed by atoms with Crippen molar-refractivity contribution in [2.24, 2.45) is 7.05 Å². The number of aliphatic hydroxyl groups excluding tert-OH is 3. The second-order valence-electron chi connectivity index (χ2n) is 5.08. The molecule has 1 aliphatic heterocycles. The molecule has 0 amide bonds. The van der Waals surface area contributed by atoms with E-state index in [-0.39, 0.29) is 22.9 Å². The largest absolute Gasteiger partial charge is 0.394 e. The summed E-state index contributed by atoms with van der Waals surface area (Å²) in [5, 5.41) is 29.0. The first-order chi connectivity index (χ1) is 10.4. The molecule has 1 saturated heterocycles. The molecule has 3 heterocycles. The molecule has 120 valence electrons. The molecule has 11 heteroatoms. The van der Waals surface area contributed by atoms with E-state index in [4.69, 9.17) is 21.3 Å².